The molecule has 0 aromatic heterocycles. The third-order valence-electron chi connectivity index (χ3n) is 3.81. The van der Waals surface area contributed by atoms with Crippen LogP contribution in [0.4, 0.5) is 13.2 Å². The summed E-state index contributed by atoms with van der Waals surface area (Å²) < 4.78 is 43.9. The molecule has 3 nitrogen and oxygen atoms in total. The summed E-state index contributed by atoms with van der Waals surface area (Å²) in [5, 5.41) is 8.73. The summed E-state index contributed by atoms with van der Waals surface area (Å²) in [5.41, 5.74) is -1.33. The number of alkyl halides is 3. The third kappa shape index (κ3) is 3.88. The molecule has 1 aliphatic heterocycles. The molecule has 1 aromatic rings. The van der Waals surface area contributed by atoms with Crippen molar-refractivity contribution < 1.29 is 17.9 Å². The maximum absolute atomic E-state index is 12.8. The Labute approximate surface area is 121 Å². The van der Waals surface area contributed by atoms with Crippen molar-refractivity contribution in [2.24, 2.45) is 0 Å². The van der Waals surface area contributed by atoms with E-state index >= 15 is 0 Å². The van der Waals surface area contributed by atoms with Crippen molar-refractivity contribution in [2.45, 2.75) is 31.5 Å². The Kier molecular flexibility index (Phi) is 4.73. The van der Waals surface area contributed by atoms with Crippen molar-refractivity contribution in [2.75, 3.05) is 20.2 Å². The summed E-state index contributed by atoms with van der Waals surface area (Å²) in [6, 6.07) is 5.45. The Morgan fingerprint density at radius 3 is 2.76 bits per heavy atom. The number of hydrogen-bond donors (Lipinski definition) is 0. The molecule has 1 atom stereocenters. The predicted molar refractivity (Wildman–Crippen MR) is 71.9 cm³/mol. The van der Waals surface area contributed by atoms with Crippen LogP contribution in [0.3, 0.4) is 0 Å². The fourth-order valence-corrected chi connectivity index (χ4v) is 2.60. The second kappa shape index (κ2) is 6.35. The Bertz CT molecular complexity index is 537. The van der Waals surface area contributed by atoms with E-state index in [0.29, 0.717) is 12.6 Å². The summed E-state index contributed by atoms with van der Waals surface area (Å²) in [6.45, 7) is 1.43. The molecule has 6 heteroatoms. The summed E-state index contributed by atoms with van der Waals surface area (Å²) >= 11 is 0. The highest BCUT2D eigenvalue weighted by atomic mass is 19.4. The van der Waals surface area contributed by atoms with Crippen molar-refractivity contribution in [3.63, 3.8) is 0 Å². The van der Waals surface area contributed by atoms with Gasteiger partial charge in [0.15, 0.2) is 0 Å². The number of hydrogen-bond acceptors (Lipinski definition) is 3. The number of ether oxygens (including phenoxy) is 1. The minimum Gasteiger partial charge on any atom is -0.494 e. The monoisotopic (exact) mass is 298 g/mol. The summed E-state index contributed by atoms with van der Waals surface area (Å²) in [7, 11) is 2.04. The average molecular weight is 298 g/mol. The van der Waals surface area contributed by atoms with E-state index in [9.17, 15) is 13.2 Å². The minimum absolute atomic E-state index is 0.155. The van der Waals surface area contributed by atoms with Crippen LogP contribution in [-0.4, -0.2) is 31.1 Å². The van der Waals surface area contributed by atoms with Gasteiger partial charge in [-0.1, -0.05) is 0 Å². The SMILES string of the molecule is CN1CCCC1CCOc1ccc(C#N)c(C(F)(F)F)c1. The molecule has 1 aliphatic rings. The van der Waals surface area contributed by atoms with Crippen molar-refractivity contribution in [3.05, 3.63) is 29.3 Å². The number of nitriles is 1. The molecule has 0 radical (unpaired) electrons. The zero-order chi connectivity index (χ0) is 15.5. The maximum atomic E-state index is 12.8. The van der Waals surface area contributed by atoms with E-state index in [1.54, 1.807) is 6.07 Å². The largest absolute Gasteiger partial charge is 0.494 e. The molecule has 2 rings (SSSR count). The van der Waals surface area contributed by atoms with Crippen LogP contribution in [0.2, 0.25) is 0 Å². The molecule has 1 fully saturated rings. The molecule has 0 N–H and O–H groups in total. The van der Waals surface area contributed by atoms with E-state index in [1.807, 2.05) is 7.05 Å². The van der Waals surface area contributed by atoms with E-state index in [1.165, 1.54) is 6.07 Å². The van der Waals surface area contributed by atoms with E-state index in [0.717, 1.165) is 37.9 Å². The lowest BCUT2D eigenvalue weighted by molar-refractivity contribution is -0.137. The molecule has 114 valence electrons. The topological polar surface area (TPSA) is 36.3 Å². The molecular formula is C15H17F3N2O. The minimum atomic E-state index is -4.55. The molecule has 0 aliphatic carbocycles. The number of rotatable bonds is 4. The van der Waals surface area contributed by atoms with Gasteiger partial charge in [0.1, 0.15) is 5.75 Å². The van der Waals surface area contributed by atoms with Gasteiger partial charge in [-0.2, -0.15) is 18.4 Å². The van der Waals surface area contributed by atoms with Gasteiger partial charge >= 0.3 is 6.18 Å². The smallest absolute Gasteiger partial charge is 0.417 e. The zero-order valence-electron chi connectivity index (χ0n) is 11.8. The van der Waals surface area contributed by atoms with E-state index in [-0.39, 0.29) is 11.3 Å². The molecule has 0 amide bonds. The first kappa shape index (κ1) is 15.6. The molecule has 21 heavy (non-hydrogen) atoms. The van der Waals surface area contributed by atoms with Crippen LogP contribution in [0.1, 0.15) is 30.4 Å². The highest BCUT2D eigenvalue weighted by Gasteiger charge is 2.34. The summed E-state index contributed by atoms with van der Waals surface area (Å²) in [4.78, 5) is 2.24. The lowest BCUT2D eigenvalue weighted by Crippen LogP contribution is -2.26. The Balaban J connectivity index is 1.99. The fourth-order valence-electron chi connectivity index (χ4n) is 2.60. The Hall–Kier alpha value is -1.74. The van der Waals surface area contributed by atoms with Crippen molar-refractivity contribution in [3.8, 4) is 11.8 Å². The highest BCUT2D eigenvalue weighted by molar-refractivity contribution is 5.44. The first-order chi connectivity index (χ1) is 9.91. The third-order valence-corrected chi connectivity index (χ3v) is 3.81. The lowest BCUT2D eigenvalue weighted by Gasteiger charge is -2.19. The summed E-state index contributed by atoms with van der Waals surface area (Å²) in [5.74, 6) is 0.155. The van der Waals surface area contributed by atoms with Gasteiger partial charge in [-0.15, -0.1) is 0 Å². The van der Waals surface area contributed by atoms with Crippen LogP contribution in [0.5, 0.6) is 5.75 Å². The van der Waals surface area contributed by atoms with Gasteiger partial charge in [0, 0.05) is 6.04 Å². The Morgan fingerprint density at radius 1 is 1.43 bits per heavy atom. The fraction of sp³-hybridized carbons (Fsp3) is 0.533. The maximum Gasteiger partial charge on any atom is 0.417 e. The van der Waals surface area contributed by atoms with Gasteiger partial charge in [0.05, 0.1) is 23.8 Å². The van der Waals surface area contributed by atoms with Crippen molar-refractivity contribution in [1.29, 1.82) is 5.26 Å². The van der Waals surface area contributed by atoms with Gasteiger partial charge < -0.3 is 9.64 Å². The first-order valence-electron chi connectivity index (χ1n) is 6.86. The van der Waals surface area contributed by atoms with Crippen molar-refractivity contribution >= 4 is 0 Å². The second-order valence-electron chi connectivity index (χ2n) is 5.23. The van der Waals surface area contributed by atoms with Gasteiger partial charge in [-0.25, -0.2) is 0 Å². The van der Waals surface area contributed by atoms with E-state index < -0.39 is 11.7 Å². The first-order valence-corrected chi connectivity index (χ1v) is 6.86. The second-order valence-corrected chi connectivity index (χ2v) is 5.23. The summed E-state index contributed by atoms with van der Waals surface area (Å²) in [6.07, 6.45) is -1.51. The van der Waals surface area contributed by atoms with Gasteiger partial charge in [-0.05, 0) is 51.1 Å². The molecule has 0 spiro atoms. The van der Waals surface area contributed by atoms with Crippen LogP contribution in [0.25, 0.3) is 0 Å². The van der Waals surface area contributed by atoms with Gasteiger partial charge in [0.25, 0.3) is 0 Å². The molecule has 0 bridgehead atoms. The van der Waals surface area contributed by atoms with Crippen LogP contribution >= 0.6 is 0 Å². The zero-order valence-corrected chi connectivity index (χ0v) is 11.8. The van der Waals surface area contributed by atoms with E-state index in [4.69, 9.17) is 10.00 Å². The van der Waals surface area contributed by atoms with E-state index in [2.05, 4.69) is 4.90 Å². The highest BCUT2D eigenvalue weighted by Crippen LogP contribution is 2.34. The van der Waals surface area contributed by atoms with Gasteiger partial charge in [-0.3, -0.25) is 0 Å². The molecule has 1 aromatic carbocycles. The van der Waals surface area contributed by atoms with Crippen LogP contribution in [0, 0.1) is 11.3 Å². The van der Waals surface area contributed by atoms with Crippen molar-refractivity contribution in [1.82, 2.24) is 4.90 Å². The molecule has 1 saturated heterocycles. The molecule has 1 heterocycles. The van der Waals surface area contributed by atoms with Gasteiger partial charge in [0.2, 0.25) is 0 Å². The number of nitrogens with zero attached hydrogens (tertiary/aromatic N) is 2. The normalized spacial score (nSPS) is 19.5. The number of likely N-dealkylation sites (tertiary alicyclic amines) is 1. The average Bonchev–Trinajstić information content (AvgIpc) is 2.83. The standard InChI is InChI=1S/C15H17F3N2O/c1-20-7-2-3-12(20)6-8-21-13-5-4-11(10-19)14(9-13)15(16,17)18/h4-5,9,12H,2-3,6-8H2,1H3. The van der Waals surface area contributed by atoms with Crippen LogP contribution in [0.15, 0.2) is 18.2 Å². The quantitative estimate of drug-likeness (QED) is 0.854. The molecule has 0 saturated carbocycles. The predicted octanol–water partition coefficient (Wildman–Crippen LogP) is 3.44. The Morgan fingerprint density at radius 2 is 2.19 bits per heavy atom. The van der Waals surface area contributed by atoms with Crippen LogP contribution in [-0.2, 0) is 6.18 Å². The lowest BCUT2D eigenvalue weighted by atomic mass is 10.1. The molecule has 1 unspecified atom stereocenters. The number of benzene rings is 1. The number of halogens is 3. The van der Waals surface area contributed by atoms with Crippen LogP contribution < -0.4 is 4.74 Å². The molecular weight excluding hydrogens is 281 g/mol.